The summed E-state index contributed by atoms with van der Waals surface area (Å²) in [4.78, 5) is 14.5. The number of amides is 1. The quantitative estimate of drug-likeness (QED) is 0.694. The number of hydrogen-bond acceptors (Lipinski definition) is 3. The molecule has 0 aromatic heterocycles. The van der Waals surface area contributed by atoms with Crippen LogP contribution in [0.1, 0.15) is 57.6 Å². The van der Waals surface area contributed by atoms with Crippen molar-refractivity contribution >= 4 is 11.6 Å². The van der Waals surface area contributed by atoms with Crippen LogP contribution < -0.4 is 10.1 Å². The van der Waals surface area contributed by atoms with Gasteiger partial charge in [0, 0.05) is 5.69 Å². The number of carbonyl (C=O) groups is 1. The van der Waals surface area contributed by atoms with Gasteiger partial charge in [0.05, 0.1) is 13.2 Å². The highest BCUT2D eigenvalue weighted by Gasteiger charge is 2.19. The summed E-state index contributed by atoms with van der Waals surface area (Å²) >= 11 is 0. The van der Waals surface area contributed by atoms with Crippen molar-refractivity contribution in [2.75, 3.05) is 31.6 Å². The molecule has 1 N–H and O–H groups in total. The number of rotatable bonds is 9. The monoisotopic (exact) mass is 332 g/mol. The second kappa shape index (κ2) is 9.67. The smallest absolute Gasteiger partial charge is 0.238 e. The molecule has 0 unspecified atom stereocenters. The molecule has 4 heteroatoms. The Kier molecular flexibility index (Phi) is 7.57. The molecule has 0 fully saturated rings. The van der Waals surface area contributed by atoms with E-state index in [-0.39, 0.29) is 5.91 Å². The minimum Gasteiger partial charge on any atom is -0.493 e. The van der Waals surface area contributed by atoms with Crippen LogP contribution in [0.5, 0.6) is 5.75 Å². The van der Waals surface area contributed by atoms with Gasteiger partial charge in [0.1, 0.15) is 5.75 Å². The van der Waals surface area contributed by atoms with Crippen LogP contribution in [0.15, 0.2) is 12.1 Å². The van der Waals surface area contributed by atoms with Gasteiger partial charge in [-0.05, 0) is 68.5 Å². The zero-order valence-electron chi connectivity index (χ0n) is 15.5. The summed E-state index contributed by atoms with van der Waals surface area (Å²) in [6.45, 7) is 9.36. The Hall–Kier alpha value is -1.55. The van der Waals surface area contributed by atoms with Gasteiger partial charge in [-0.1, -0.05) is 27.2 Å². The highest BCUT2D eigenvalue weighted by Crippen LogP contribution is 2.35. The van der Waals surface area contributed by atoms with Crippen LogP contribution in [0, 0.1) is 0 Å². The standard InChI is InChI=1S/C20H32N2O2/c1-4-7-14-24-19-13-12-18(16-10-8-9-11-17(16)19)21-20(23)15-22(5-2)6-3/h12-13H,4-11,14-15H2,1-3H3,(H,21,23). The molecule has 0 heterocycles. The summed E-state index contributed by atoms with van der Waals surface area (Å²) in [6.07, 6.45) is 6.69. The molecular weight excluding hydrogens is 300 g/mol. The van der Waals surface area contributed by atoms with E-state index < -0.39 is 0 Å². The predicted octanol–water partition coefficient (Wildman–Crippen LogP) is 4.02. The van der Waals surface area contributed by atoms with Crippen LogP contribution in [0.4, 0.5) is 5.69 Å². The summed E-state index contributed by atoms with van der Waals surface area (Å²) < 4.78 is 5.98. The van der Waals surface area contributed by atoms with Gasteiger partial charge in [-0.3, -0.25) is 9.69 Å². The Labute approximate surface area is 146 Å². The molecule has 0 atom stereocenters. The van der Waals surface area contributed by atoms with Gasteiger partial charge in [0.15, 0.2) is 0 Å². The number of carbonyl (C=O) groups excluding carboxylic acids is 1. The highest BCUT2D eigenvalue weighted by atomic mass is 16.5. The molecule has 2 rings (SSSR count). The van der Waals surface area contributed by atoms with Crippen molar-refractivity contribution in [1.29, 1.82) is 0 Å². The Morgan fingerprint density at radius 3 is 2.50 bits per heavy atom. The third-order valence-corrected chi connectivity index (χ3v) is 4.78. The topological polar surface area (TPSA) is 41.6 Å². The molecule has 4 nitrogen and oxygen atoms in total. The molecule has 0 saturated heterocycles. The van der Waals surface area contributed by atoms with Crippen molar-refractivity contribution < 1.29 is 9.53 Å². The summed E-state index contributed by atoms with van der Waals surface area (Å²) in [6, 6.07) is 4.05. The Balaban J connectivity index is 2.11. The van der Waals surface area contributed by atoms with Crippen molar-refractivity contribution in [3.8, 4) is 5.75 Å². The number of nitrogens with one attached hydrogen (secondary N) is 1. The first kappa shape index (κ1) is 18.8. The van der Waals surface area contributed by atoms with Crippen LogP contribution in [-0.2, 0) is 17.6 Å². The lowest BCUT2D eigenvalue weighted by Crippen LogP contribution is -2.33. The molecule has 0 aliphatic heterocycles. The highest BCUT2D eigenvalue weighted by molar-refractivity contribution is 5.93. The summed E-state index contributed by atoms with van der Waals surface area (Å²) in [5.74, 6) is 1.09. The predicted molar refractivity (Wildman–Crippen MR) is 99.9 cm³/mol. The first-order chi connectivity index (χ1) is 11.7. The lowest BCUT2D eigenvalue weighted by atomic mass is 9.89. The molecule has 0 saturated carbocycles. The number of benzene rings is 1. The maximum absolute atomic E-state index is 12.3. The summed E-state index contributed by atoms with van der Waals surface area (Å²) in [7, 11) is 0. The summed E-state index contributed by atoms with van der Waals surface area (Å²) in [5, 5.41) is 3.13. The van der Waals surface area contributed by atoms with E-state index >= 15 is 0 Å². The average Bonchev–Trinajstić information content (AvgIpc) is 2.61. The SMILES string of the molecule is CCCCOc1ccc(NC(=O)CN(CC)CC)c2c1CCCC2. The van der Waals surface area contributed by atoms with E-state index in [2.05, 4.69) is 31.0 Å². The molecule has 134 valence electrons. The third kappa shape index (κ3) is 4.97. The molecule has 0 radical (unpaired) electrons. The van der Waals surface area contributed by atoms with Crippen molar-refractivity contribution in [2.24, 2.45) is 0 Å². The second-order valence-electron chi connectivity index (χ2n) is 6.49. The normalized spacial score (nSPS) is 13.7. The van der Waals surface area contributed by atoms with Crippen molar-refractivity contribution in [2.45, 2.75) is 59.3 Å². The number of unbranched alkanes of at least 4 members (excludes halogenated alkanes) is 1. The van der Waals surface area contributed by atoms with Crippen LogP contribution in [0.25, 0.3) is 0 Å². The lowest BCUT2D eigenvalue weighted by molar-refractivity contribution is -0.117. The zero-order chi connectivity index (χ0) is 17.4. The van der Waals surface area contributed by atoms with Gasteiger partial charge in [-0.15, -0.1) is 0 Å². The minimum absolute atomic E-state index is 0.0751. The maximum atomic E-state index is 12.3. The fourth-order valence-corrected chi connectivity index (χ4v) is 3.25. The van der Waals surface area contributed by atoms with E-state index in [0.29, 0.717) is 6.54 Å². The Bertz CT molecular complexity index is 539. The fourth-order valence-electron chi connectivity index (χ4n) is 3.25. The van der Waals surface area contributed by atoms with E-state index in [9.17, 15) is 4.79 Å². The van der Waals surface area contributed by atoms with Gasteiger partial charge in [0.25, 0.3) is 0 Å². The van der Waals surface area contributed by atoms with Crippen LogP contribution in [0.3, 0.4) is 0 Å². The van der Waals surface area contributed by atoms with Crippen LogP contribution in [-0.4, -0.2) is 37.0 Å². The number of fused-ring (bicyclic) bond motifs is 1. The fraction of sp³-hybridized carbons (Fsp3) is 0.650. The van der Waals surface area contributed by atoms with Gasteiger partial charge in [-0.25, -0.2) is 0 Å². The van der Waals surface area contributed by atoms with Gasteiger partial charge >= 0.3 is 0 Å². The molecule has 1 aromatic carbocycles. The van der Waals surface area contributed by atoms with E-state index in [0.717, 1.165) is 56.8 Å². The first-order valence-corrected chi connectivity index (χ1v) is 9.49. The largest absolute Gasteiger partial charge is 0.493 e. The Morgan fingerprint density at radius 1 is 1.12 bits per heavy atom. The number of ether oxygens (including phenoxy) is 1. The number of anilines is 1. The minimum atomic E-state index is 0.0751. The molecule has 1 aliphatic rings. The molecular formula is C20H32N2O2. The van der Waals surface area contributed by atoms with Crippen molar-refractivity contribution in [1.82, 2.24) is 4.90 Å². The lowest BCUT2D eigenvalue weighted by Gasteiger charge is -2.24. The maximum Gasteiger partial charge on any atom is 0.238 e. The van der Waals surface area contributed by atoms with E-state index in [1.54, 1.807) is 0 Å². The second-order valence-corrected chi connectivity index (χ2v) is 6.49. The average molecular weight is 332 g/mol. The van der Waals surface area contributed by atoms with Crippen molar-refractivity contribution in [3.05, 3.63) is 23.3 Å². The summed E-state index contributed by atoms with van der Waals surface area (Å²) in [5.41, 5.74) is 3.56. The molecule has 1 aliphatic carbocycles. The number of nitrogens with zero attached hydrogens (tertiary/aromatic N) is 1. The molecule has 24 heavy (non-hydrogen) atoms. The van der Waals surface area contributed by atoms with E-state index in [1.807, 2.05) is 12.1 Å². The van der Waals surface area contributed by atoms with E-state index in [1.165, 1.54) is 24.0 Å². The van der Waals surface area contributed by atoms with Crippen molar-refractivity contribution in [3.63, 3.8) is 0 Å². The molecule has 0 bridgehead atoms. The van der Waals surface area contributed by atoms with Crippen LogP contribution >= 0.6 is 0 Å². The van der Waals surface area contributed by atoms with E-state index in [4.69, 9.17) is 4.74 Å². The van der Waals surface area contributed by atoms with Gasteiger partial charge in [0.2, 0.25) is 5.91 Å². The van der Waals surface area contributed by atoms with Gasteiger partial charge < -0.3 is 10.1 Å². The molecule has 1 aromatic rings. The number of hydrogen-bond donors (Lipinski definition) is 1. The Morgan fingerprint density at radius 2 is 1.83 bits per heavy atom. The third-order valence-electron chi connectivity index (χ3n) is 4.78. The molecule has 1 amide bonds. The van der Waals surface area contributed by atoms with Gasteiger partial charge in [-0.2, -0.15) is 0 Å². The first-order valence-electron chi connectivity index (χ1n) is 9.49. The molecule has 0 spiro atoms. The van der Waals surface area contributed by atoms with Crippen LogP contribution in [0.2, 0.25) is 0 Å². The number of likely N-dealkylation sites (N-methyl/N-ethyl adjacent to an activating group) is 1. The zero-order valence-corrected chi connectivity index (χ0v) is 15.5.